The number of ether oxygens (including phenoxy) is 1. The minimum Gasteiger partial charge on any atom is -0.361 e. The van der Waals surface area contributed by atoms with Crippen molar-refractivity contribution in [1.82, 2.24) is 5.32 Å². The molecule has 0 spiro atoms. The third kappa shape index (κ3) is 2.96. The fourth-order valence-electron chi connectivity index (χ4n) is 0.416. The van der Waals surface area contributed by atoms with Crippen molar-refractivity contribution in [3.05, 3.63) is 0 Å². The van der Waals surface area contributed by atoms with Crippen LogP contribution in [0.15, 0.2) is 0 Å². The van der Waals surface area contributed by atoms with E-state index in [9.17, 15) is 5.11 Å². The second-order valence-electron chi connectivity index (χ2n) is 1.40. The Labute approximate surface area is 49.7 Å². The third-order valence-electron chi connectivity index (χ3n) is 0.841. The fourth-order valence-corrected chi connectivity index (χ4v) is 0.416. The van der Waals surface area contributed by atoms with Crippen molar-refractivity contribution >= 4 is 0 Å². The number of nitrogens with one attached hydrogen (secondary N) is 1. The van der Waals surface area contributed by atoms with Gasteiger partial charge in [0.1, 0.15) is 12.8 Å². The smallest absolute Gasteiger partial charge is 0.134 e. The zero-order valence-corrected chi connectivity index (χ0v) is 5.31. The first-order chi connectivity index (χ1) is 3.85. The van der Waals surface area contributed by atoms with Crippen LogP contribution >= 0.6 is 0 Å². The molecule has 0 aromatic rings. The molecule has 0 rings (SSSR count). The van der Waals surface area contributed by atoms with Crippen molar-refractivity contribution in [3.8, 4) is 0 Å². The maximum Gasteiger partial charge on any atom is 0.134 e. The van der Waals surface area contributed by atoms with E-state index in [-0.39, 0.29) is 12.8 Å². The van der Waals surface area contributed by atoms with Crippen LogP contribution in [0, 0.1) is 0 Å². The molecule has 0 aliphatic heterocycles. The number of hydrogen-bond acceptors (Lipinski definition) is 2. The molecule has 49 valence electrons. The van der Waals surface area contributed by atoms with E-state index >= 15 is 0 Å². The summed E-state index contributed by atoms with van der Waals surface area (Å²) >= 11 is 0. The van der Waals surface area contributed by atoms with Crippen LogP contribution in [-0.4, -0.2) is 26.5 Å². The van der Waals surface area contributed by atoms with E-state index in [2.05, 4.69) is 5.32 Å². The third-order valence-corrected chi connectivity index (χ3v) is 0.841. The van der Waals surface area contributed by atoms with Gasteiger partial charge in [0, 0.05) is 6.61 Å². The van der Waals surface area contributed by atoms with E-state index in [4.69, 9.17) is 4.74 Å². The maximum atomic E-state index is 10.1. The van der Waals surface area contributed by atoms with E-state index < -0.39 is 0 Å². The van der Waals surface area contributed by atoms with E-state index in [1.54, 1.807) is 7.05 Å². The van der Waals surface area contributed by atoms with Gasteiger partial charge in [0.25, 0.3) is 0 Å². The second-order valence-corrected chi connectivity index (χ2v) is 1.40. The van der Waals surface area contributed by atoms with Gasteiger partial charge in [-0.15, -0.1) is 0 Å². The van der Waals surface area contributed by atoms with E-state index in [0.29, 0.717) is 6.61 Å². The predicted molar refractivity (Wildman–Crippen MR) is 30.0 cm³/mol. The van der Waals surface area contributed by atoms with Gasteiger partial charge in [-0.3, -0.25) is 5.32 Å². The first-order valence-electron chi connectivity index (χ1n) is 2.72. The molecule has 8 heavy (non-hydrogen) atoms. The average molecular weight is 118 g/mol. The Morgan fingerprint density at radius 2 is 2.38 bits per heavy atom. The van der Waals surface area contributed by atoms with E-state index in [1.165, 1.54) is 0 Å². The molecule has 0 aromatic heterocycles. The van der Waals surface area contributed by atoms with Gasteiger partial charge in [0.15, 0.2) is 0 Å². The summed E-state index contributed by atoms with van der Waals surface area (Å²) in [5.74, 6) is 0. The summed E-state index contributed by atoms with van der Waals surface area (Å²) in [7, 11) is 1.71. The zero-order valence-electron chi connectivity index (χ0n) is 5.31. The van der Waals surface area contributed by atoms with Crippen LogP contribution in [0.1, 0.15) is 6.92 Å². The number of hydrogen-bond donors (Lipinski definition) is 1. The molecule has 0 bridgehead atoms. The summed E-state index contributed by atoms with van der Waals surface area (Å²) in [6.07, 6.45) is -0.306. The summed E-state index contributed by atoms with van der Waals surface area (Å²) < 4.78 is 4.92. The number of rotatable bonds is 4. The largest absolute Gasteiger partial charge is 0.361 e. The Hall–Kier alpha value is -0.120. The highest BCUT2D eigenvalue weighted by Crippen LogP contribution is 1.81. The first kappa shape index (κ1) is 7.88. The highest BCUT2D eigenvalue weighted by molar-refractivity contribution is 4.44. The predicted octanol–water partition coefficient (Wildman–Crippen LogP) is -0.00110. The molecule has 0 heterocycles. The molecule has 1 unspecified atom stereocenters. The Kier molecular flexibility index (Phi) is 4.95. The number of likely N-dealkylation sites (N-methyl/N-ethyl adjacent to an activating group) is 1. The molecule has 1 atom stereocenters. The molecule has 3 heteroatoms. The van der Waals surface area contributed by atoms with Crippen LogP contribution in [0.2, 0.25) is 0 Å². The molecule has 1 radical (unpaired) electrons. The maximum absolute atomic E-state index is 10.1. The van der Waals surface area contributed by atoms with Crippen LogP contribution in [0.25, 0.3) is 0 Å². The lowest BCUT2D eigenvalue weighted by Crippen LogP contribution is -2.31. The van der Waals surface area contributed by atoms with Crippen LogP contribution < -0.4 is 5.32 Å². The lowest BCUT2D eigenvalue weighted by molar-refractivity contribution is -0.0180. The molecule has 0 saturated heterocycles. The minimum atomic E-state index is -0.306. The summed E-state index contributed by atoms with van der Waals surface area (Å²) in [5, 5.41) is 12.8. The average Bonchev–Trinajstić information content (AvgIpc) is 1.83. The fraction of sp³-hybridized carbons (Fsp3) is 1.00. The molecule has 0 amide bonds. The Balaban J connectivity index is 3.07. The van der Waals surface area contributed by atoms with Gasteiger partial charge in [-0.1, -0.05) is 0 Å². The van der Waals surface area contributed by atoms with Crippen molar-refractivity contribution < 1.29 is 9.84 Å². The van der Waals surface area contributed by atoms with Gasteiger partial charge in [-0.25, -0.2) is 5.11 Å². The summed E-state index contributed by atoms with van der Waals surface area (Å²) in [5.41, 5.74) is 0. The molecule has 0 aromatic carbocycles. The van der Waals surface area contributed by atoms with Crippen LogP contribution in [0.3, 0.4) is 0 Å². The molecular formula is C5H12NO2. The standard InChI is InChI=1S/C5H12NO2/c1-3-8-5(4-7)6-2/h5-6H,3-4H2,1-2H3. The lowest BCUT2D eigenvalue weighted by atomic mass is 10.6. The highest BCUT2D eigenvalue weighted by Gasteiger charge is 2.00. The molecule has 0 saturated carbocycles. The van der Waals surface area contributed by atoms with Crippen molar-refractivity contribution in [1.29, 1.82) is 0 Å². The van der Waals surface area contributed by atoms with Crippen LogP contribution in [0.4, 0.5) is 0 Å². The summed E-state index contributed by atoms with van der Waals surface area (Å²) in [6, 6.07) is 0. The van der Waals surface area contributed by atoms with Gasteiger partial charge in [-0.2, -0.15) is 0 Å². The van der Waals surface area contributed by atoms with Gasteiger partial charge < -0.3 is 4.74 Å². The first-order valence-corrected chi connectivity index (χ1v) is 2.72. The SMILES string of the molecule is CCOC(C[O])NC. The Morgan fingerprint density at radius 3 is 2.50 bits per heavy atom. The second kappa shape index (κ2) is 5.03. The normalized spacial score (nSPS) is 13.9. The van der Waals surface area contributed by atoms with Crippen molar-refractivity contribution in [3.63, 3.8) is 0 Å². The van der Waals surface area contributed by atoms with E-state index in [0.717, 1.165) is 0 Å². The topological polar surface area (TPSA) is 41.2 Å². The molecule has 1 N–H and O–H groups in total. The van der Waals surface area contributed by atoms with Crippen molar-refractivity contribution in [2.45, 2.75) is 13.2 Å². The van der Waals surface area contributed by atoms with Gasteiger partial charge in [-0.05, 0) is 14.0 Å². The summed E-state index contributed by atoms with van der Waals surface area (Å²) in [6.45, 7) is 2.23. The molecule has 0 aliphatic rings. The van der Waals surface area contributed by atoms with Crippen molar-refractivity contribution in [2.75, 3.05) is 20.3 Å². The highest BCUT2D eigenvalue weighted by atomic mass is 16.5. The zero-order chi connectivity index (χ0) is 6.41. The minimum absolute atomic E-state index is 0.218. The van der Waals surface area contributed by atoms with Gasteiger partial charge in [0.05, 0.1) is 0 Å². The Bertz CT molecular complexity index is 45.7. The summed E-state index contributed by atoms with van der Waals surface area (Å²) in [4.78, 5) is 0. The van der Waals surface area contributed by atoms with Gasteiger partial charge in [0.2, 0.25) is 0 Å². The molecular weight excluding hydrogens is 106 g/mol. The van der Waals surface area contributed by atoms with Crippen LogP contribution in [0.5, 0.6) is 0 Å². The van der Waals surface area contributed by atoms with Crippen molar-refractivity contribution in [2.24, 2.45) is 0 Å². The molecule has 0 aliphatic carbocycles. The molecule has 3 nitrogen and oxygen atoms in total. The lowest BCUT2D eigenvalue weighted by Gasteiger charge is -2.10. The van der Waals surface area contributed by atoms with E-state index in [1.807, 2.05) is 6.92 Å². The van der Waals surface area contributed by atoms with Crippen LogP contribution in [-0.2, 0) is 9.84 Å². The monoisotopic (exact) mass is 118 g/mol. The van der Waals surface area contributed by atoms with Gasteiger partial charge >= 0.3 is 0 Å². The Morgan fingerprint density at radius 1 is 1.75 bits per heavy atom. The molecule has 0 fully saturated rings. The quantitative estimate of drug-likeness (QED) is 0.528.